The molecule has 26 heavy (non-hydrogen) atoms. The van der Waals surface area contributed by atoms with E-state index in [1.54, 1.807) is 18.3 Å². The molecule has 0 aliphatic carbocycles. The number of nitrogen functional groups attached to an aromatic ring is 1. The lowest BCUT2D eigenvalue weighted by Crippen LogP contribution is -2.26. The number of hydrogen-bond donors (Lipinski definition) is 1. The van der Waals surface area contributed by atoms with Gasteiger partial charge in [-0.2, -0.15) is 0 Å². The summed E-state index contributed by atoms with van der Waals surface area (Å²) in [4.78, 5) is 22.5. The number of benzene rings is 1. The number of rotatable bonds is 7. The number of nitrogens with zero attached hydrogens (tertiary/aromatic N) is 4. The predicted octanol–water partition coefficient (Wildman–Crippen LogP) is 3.58. The van der Waals surface area contributed by atoms with Gasteiger partial charge in [0.15, 0.2) is 0 Å². The molecule has 0 bridgehead atoms. The zero-order valence-corrected chi connectivity index (χ0v) is 15.5. The van der Waals surface area contributed by atoms with Crippen molar-refractivity contribution in [2.75, 3.05) is 19.3 Å². The van der Waals surface area contributed by atoms with Crippen LogP contribution in [0.1, 0.15) is 48.9 Å². The fraction of sp³-hybridized carbons (Fsp3) is 0.350. The van der Waals surface area contributed by atoms with Gasteiger partial charge in [0.25, 0.3) is 0 Å². The summed E-state index contributed by atoms with van der Waals surface area (Å²) in [5, 5.41) is 0. The highest BCUT2D eigenvalue weighted by Gasteiger charge is 2.24. The number of anilines is 1. The molecular weight excluding hydrogens is 326 g/mol. The zero-order valence-electron chi connectivity index (χ0n) is 15.5. The van der Waals surface area contributed by atoms with Crippen molar-refractivity contribution in [3.63, 3.8) is 0 Å². The molecule has 0 fully saturated rings. The van der Waals surface area contributed by atoms with Gasteiger partial charge in [-0.3, -0.25) is 14.1 Å². The van der Waals surface area contributed by atoms with Gasteiger partial charge in [-0.25, -0.2) is 9.97 Å². The summed E-state index contributed by atoms with van der Waals surface area (Å²) < 4.78 is 2.05. The highest BCUT2D eigenvalue weighted by atomic mass is 16.1. The first-order chi connectivity index (χ1) is 12.6. The molecule has 1 aromatic carbocycles. The van der Waals surface area contributed by atoms with Crippen LogP contribution >= 0.6 is 0 Å². The standard InChI is InChI=1S/C20H25N5O/c1-4-6-16(24(3)5-2)20-23-17(15-9-7-14(13-26)8-10-15)18-19(21)22-11-12-25(18)20/h7-13,16H,4-6H2,1-3H3,(H2,21,22)/t16-/m0/s1. The quantitative estimate of drug-likeness (QED) is 0.658. The van der Waals surface area contributed by atoms with Gasteiger partial charge in [0, 0.05) is 23.5 Å². The van der Waals surface area contributed by atoms with Crippen LogP contribution in [0.4, 0.5) is 5.82 Å². The lowest BCUT2D eigenvalue weighted by Gasteiger charge is -2.25. The van der Waals surface area contributed by atoms with Crippen molar-refractivity contribution in [1.82, 2.24) is 19.3 Å². The average molecular weight is 351 g/mol. The van der Waals surface area contributed by atoms with Crippen molar-refractivity contribution in [3.8, 4) is 11.3 Å². The topological polar surface area (TPSA) is 76.5 Å². The summed E-state index contributed by atoms with van der Waals surface area (Å²) >= 11 is 0. The molecule has 0 saturated carbocycles. The molecule has 0 aliphatic heterocycles. The molecule has 3 rings (SSSR count). The van der Waals surface area contributed by atoms with Crippen LogP contribution < -0.4 is 5.73 Å². The van der Waals surface area contributed by atoms with Gasteiger partial charge in [0.1, 0.15) is 29.1 Å². The van der Waals surface area contributed by atoms with E-state index in [1.807, 2.05) is 18.3 Å². The normalized spacial score (nSPS) is 12.6. The molecule has 0 spiro atoms. The van der Waals surface area contributed by atoms with E-state index in [0.717, 1.165) is 48.3 Å². The van der Waals surface area contributed by atoms with Crippen LogP contribution in [0, 0.1) is 0 Å². The zero-order chi connectivity index (χ0) is 18.7. The summed E-state index contributed by atoms with van der Waals surface area (Å²) in [6.07, 6.45) is 6.54. The Morgan fingerprint density at radius 2 is 2.00 bits per heavy atom. The van der Waals surface area contributed by atoms with Crippen LogP contribution in [0.25, 0.3) is 16.8 Å². The molecule has 1 atom stereocenters. The highest BCUT2D eigenvalue weighted by Crippen LogP contribution is 2.33. The van der Waals surface area contributed by atoms with Gasteiger partial charge in [0.05, 0.1) is 6.04 Å². The Bertz CT molecular complexity index is 900. The first-order valence-corrected chi connectivity index (χ1v) is 8.98. The number of fused-ring (bicyclic) bond motifs is 1. The average Bonchev–Trinajstić information content (AvgIpc) is 3.06. The number of aromatic nitrogens is 3. The number of nitrogens with two attached hydrogens (primary N) is 1. The van der Waals surface area contributed by atoms with Crippen LogP contribution in [-0.4, -0.2) is 39.1 Å². The van der Waals surface area contributed by atoms with E-state index in [2.05, 4.69) is 35.2 Å². The first kappa shape index (κ1) is 18.1. The van der Waals surface area contributed by atoms with Crippen molar-refractivity contribution in [2.45, 2.75) is 32.7 Å². The Morgan fingerprint density at radius 3 is 2.62 bits per heavy atom. The Labute approximate surface area is 153 Å². The van der Waals surface area contributed by atoms with E-state index in [1.165, 1.54) is 0 Å². The highest BCUT2D eigenvalue weighted by molar-refractivity contribution is 5.86. The first-order valence-electron chi connectivity index (χ1n) is 8.98. The van der Waals surface area contributed by atoms with Gasteiger partial charge >= 0.3 is 0 Å². The lowest BCUT2D eigenvalue weighted by atomic mass is 10.1. The van der Waals surface area contributed by atoms with E-state index in [9.17, 15) is 4.79 Å². The molecule has 0 amide bonds. The van der Waals surface area contributed by atoms with E-state index in [0.29, 0.717) is 11.4 Å². The van der Waals surface area contributed by atoms with Gasteiger partial charge in [-0.15, -0.1) is 0 Å². The summed E-state index contributed by atoms with van der Waals surface area (Å²) in [7, 11) is 2.12. The van der Waals surface area contributed by atoms with Crippen molar-refractivity contribution in [3.05, 3.63) is 48.0 Å². The second-order valence-corrected chi connectivity index (χ2v) is 6.47. The van der Waals surface area contributed by atoms with Gasteiger partial charge in [-0.05, 0) is 20.0 Å². The van der Waals surface area contributed by atoms with Gasteiger partial charge in [-0.1, -0.05) is 44.5 Å². The van der Waals surface area contributed by atoms with Crippen molar-refractivity contribution in [1.29, 1.82) is 0 Å². The second kappa shape index (κ2) is 7.66. The van der Waals surface area contributed by atoms with Crippen molar-refractivity contribution >= 4 is 17.6 Å². The largest absolute Gasteiger partial charge is 0.382 e. The molecule has 6 heteroatoms. The third-order valence-corrected chi connectivity index (χ3v) is 4.82. The number of carbonyl (C=O) groups is 1. The molecular formula is C20H25N5O. The second-order valence-electron chi connectivity index (χ2n) is 6.47. The monoisotopic (exact) mass is 351 g/mol. The predicted molar refractivity (Wildman–Crippen MR) is 104 cm³/mol. The van der Waals surface area contributed by atoms with E-state index in [-0.39, 0.29) is 6.04 Å². The van der Waals surface area contributed by atoms with Crippen LogP contribution in [0.3, 0.4) is 0 Å². The minimum atomic E-state index is 0.197. The molecule has 0 unspecified atom stereocenters. The number of aldehydes is 1. The van der Waals surface area contributed by atoms with E-state index in [4.69, 9.17) is 10.7 Å². The number of imidazole rings is 1. The summed E-state index contributed by atoms with van der Waals surface area (Å²) in [6.45, 7) is 5.26. The van der Waals surface area contributed by atoms with Gasteiger partial charge in [0.2, 0.25) is 0 Å². The van der Waals surface area contributed by atoms with Crippen LogP contribution in [0.15, 0.2) is 36.7 Å². The molecule has 6 nitrogen and oxygen atoms in total. The van der Waals surface area contributed by atoms with Crippen LogP contribution in [0.2, 0.25) is 0 Å². The Hall–Kier alpha value is -2.73. The molecule has 0 aliphatic rings. The van der Waals surface area contributed by atoms with Crippen LogP contribution in [0.5, 0.6) is 0 Å². The summed E-state index contributed by atoms with van der Waals surface area (Å²) in [5.74, 6) is 1.42. The fourth-order valence-electron chi connectivity index (χ4n) is 3.28. The third kappa shape index (κ3) is 3.20. The minimum Gasteiger partial charge on any atom is -0.382 e. The van der Waals surface area contributed by atoms with Crippen molar-refractivity contribution < 1.29 is 4.79 Å². The Kier molecular flexibility index (Phi) is 5.32. The summed E-state index contributed by atoms with van der Waals surface area (Å²) in [5.41, 5.74) is 9.38. The molecule has 0 radical (unpaired) electrons. The van der Waals surface area contributed by atoms with Crippen molar-refractivity contribution in [2.24, 2.45) is 0 Å². The molecule has 2 aromatic heterocycles. The number of carbonyl (C=O) groups excluding carboxylic acids is 1. The SMILES string of the molecule is CCC[C@@H](c1nc(-c2ccc(C=O)cc2)c2c(N)nccn12)N(C)CC. The molecule has 136 valence electrons. The van der Waals surface area contributed by atoms with E-state index >= 15 is 0 Å². The molecule has 0 saturated heterocycles. The lowest BCUT2D eigenvalue weighted by molar-refractivity contribution is 0.112. The number of hydrogen-bond acceptors (Lipinski definition) is 5. The maximum absolute atomic E-state index is 10.9. The Balaban J connectivity index is 2.22. The molecule has 2 N–H and O–H groups in total. The smallest absolute Gasteiger partial charge is 0.150 e. The summed E-state index contributed by atoms with van der Waals surface area (Å²) in [6, 6.07) is 7.59. The Morgan fingerprint density at radius 1 is 1.27 bits per heavy atom. The molecule has 2 heterocycles. The van der Waals surface area contributed by atoms with Gasteiger partial charge < -0.3 is 5.73 Å². The third-order valence-electron chi connectivity index (χ3n) is 4.82. The fourth-order valence-corrected chi connectivity index (χ4v) is 3.28. The maximum Gasteiger partial charge on any atom is 0.150 e. The van der Waals surface area contributed by atoms with E-state index < -0.39 is 0 Å². The maximum atomic E-state index is 10.9. The molecule has 3 aromatic rings. The minimum absolute atomic E-state index is 0.197. The van der Waals surface area contributed by atoms with Crippen LogP contribution in [-0.2, 0) is 0 Å².